The molecular weight excluding hydrogens is 128 g/mol. The Kier molecular flexibility index (Phi) is 4.37. The van der Waals surface area contributed by atoms with Gasteiger partial charge >= 0.3 is 0 Å². The van der Waals surface area contributed by atoms with E-state index in [1.165, 1.54) is 6.08 Å². The van der Waals surface area contributed by atoms with Gasteiger partial charge in [0, 0.05) is 32.9 Å². The molecular formula is C7H14N2O. The van der Waals surface area contributed by atoms with Gasteiger partial charge in [-0.2, -0.15) is 0 Å². The number of likely N-dealkylation sites (N-methyl/N-ethyl adjacent to an activating group) is 1. The second-order valence-electron chi connectivity index (χ2n) is 2.17. The molecule has 1 amide bonds. The number of rotatable bonds is 3. The zero-order valence-electron chi connectivity index (χ0n) is 6.72. The van der Waals surface area contributed by atoms with Crippen LogP contribution < -0.4 is 5.32 Å². The average molecular weight is 142 g/mol. The Labute approximate surface area is 61.7 Å². The number of hydrogen-bond donors (Lipinski definition) is 1. The van der Waals surface area contributed by atoms with Crippen molar-refractivity contribution in [3.8, 4) is 0 Å². The lowest BCUT2D eigenvalue weighted by Gasteiger charge is -2.02. The standard InChI is InChI=1S/C7H14N2O/c1-4-8-7(10)5-6-9(2)3/h5-6H,4H2,1-3H3,(H,8,10)/b6-5+. The Morgan fingerprint density at radius 3 is 2.60 bits per heavy atom. The SMILES string of the molecule is CCNC(=O)/C=C/N(C)C. The van der Waals surface area contributed by atoms with Crippen molar-refractivity contribution in [2.75, 3.05) is 20.6 Å². The highest BCUT2D eigenvalue weighted by atomic mass is 16.1. The zero-order chi connectivity index (χ0) is 7.98. The van der Waals surface area contributed by atoms with E-state index in [-0.39, 0.29) is 5.91 Å². The van der Waals surface area contributed by atoms with Crippen molar-refractivity contribution < 1.29 is 4.79 Å². The summed E-state index contributed by atoms with van der Waals surface area (Å²) in [6, 6.07) is 0. The van der Waals surface area contributed by atoms with Crippen molar-refractivity contribution in [3.63, 3.8) is 0 Å². The molecule has 0 fully saturated rings. The molecule has 0 aliphatic carbocycles. The highest BCUT2D eigenvalue weighted by Gasteiger charge is 1.88. The lowest BCUT2D eigenvalue weighted by Crippen LogP contribution is -2.20. The van der Waals surface area contributed by atoms with Gasteiger partial charge in [-0.3, -0.25) is 4.79 Å². The summed E-state index contributed by atoms with van der Waals surface area (Å²) in [7, 11) is 3.74. The van der Waals surface area contributed by atoms with Gasteiger partial charge in [0.1, 0.15) is 0 Å². The predicted octanol–water partition coefficient (Wildman–Crippen LogP) is 0.198. The molecule has 0 spiro atoms. The first-order valence-electron chi connectivity index (χ1n) is 3.29. The van der Waals surface area contributed by atoms with Gasteiger partial charge < -0.3 is 10.2 Å². The number of nitrogens with zero attached hydrogens (tertiary/aromatic N) is 1. The number of carbonyl (C=O) groups excluding carboxylic acids is 1. The molecule has 3 nitrogen and oxygen atoms in total. The number of amides is 1. The van der Waals surface area contributed by atoms with Crippen molar-refractivity contribution in [2.45, 2.75) is 6.92 Å². The van der Waals surface area contributed by atoms with E-state index in [0.717, 1.165) is 0 Å². The second-order valence-corrected chi connectivity index (χ2v) is 2.17. The number of hydrogen-bond acceptors (Lipinski definition) is 2. The lowest BCUT2D eigenvalue weighted by molar-refractivity contribution is -0.116. The Morgan fingerprint density at radius 2 is 2.20 bits per heavy atom. The summed E-state index contributed by atoms with van der Waals surface area (Å²) in [5, 5.41) is 2.65. The maximum atomic E-state index is 10.7. The van der Waals surface area contributed by atoms with Crippen LogP contribution in [0.25, 0.3) is 0 Å². The average Bonchev–Trinajstić information content (AvgIpc) is 1.85. The molecule has 58 valence electrons. The summed E-state index contributed by atoms with van der Waals surface area (Å²) in [6.07, 6.45) is 3.22. The summed E-state index contributed by atoms with van der Waals surface area (Å²) < 4.78 is 0. The van der Waals surface area contributed by atoms with Crippen LogP contribution in [0.4, 0.5) is 0 Å². The van der Waals surface area contributed by atoms with Crippen molar-refractivity contribution in [2.24, 2.45) is 0 Å². The van der Waals surface area contributed by atoms with Crippen molar-refractivity contribution in [1.82, 2.24) is 10.2 Å². The lowest BCUT2D eigenvalue weighted by atomic mass is 10.5. The molecule has 0 aliphatic heterocycles. The van der Waals surface area contributed by atoms with Crippen LogP contribution in [0.5, 0.6) is 0 Å². The third kappa shape index (κ3) is 5.15. The topological polar surface area (TPSA) is 32.3 Å². The predicted molar refractivity (Wildman–Crippen MR) is 41.5 cm³/mol. The molecule has 0 aromatic carbocycles. The Morgan fingerprint density at radius 1 is 1.60 bits per heavy atom. The Balaban J connectivity index is 3.56. The normalized spacial score (nSPS) is 9.90. The summed E-state index contributed by atoms with van der Waals surface area (Å²) in [5.41, 5.74) is 0. The van der Waals surface area contributed by atoms with E-state index in [2.05, 4.69) is 5.32 Å². The van der Waals surface area contributed by atoms with Gasteiger partial charge in [-0.05, 0) is 6.92 Å². The first-order valence-corrected chi connectivity index (χ1v) is 3.29. The molecule has 3 heteroatoms. The van der Waals surface area contributed by atoms with Crippen LogP contribution >= 0.6 is 0 Å². The van der Waals surface area contributed by atoms with E-state index in [1.54, 1.807) is 6.20 Å². The number of carbonyl (C=O) groups is 1. The van der Waals surface area contributed by atoms with Gasteiger partial charge in [-0.15, -0.1) is 0 Å². The number of nitrogens with one attached hydrogen (secondary N) is 1. The minimum absolute atomic E-state index is 0.0452. The minimum atomic E-state index is -0.0452. The van der Waals surface area contributed by atoms with Gasteiger partial charge in [-0.1, -0.05) is 0 Å². The molecule has 0 aromatic rings. The van der Waals surface area contributed by atoms with Gasteiger partial charge in [0.15, 0.2) is 0 Å². The Bertz CT molecular complexity index is 130. The van der Waals surface area contributed by atoms with Gasteiger partial charge in [-0.25, -0.2) is 0 Å². The van der Waals surface area contributed by atoms with Gasteiger partial charge in [0.25, 0.3) is 0 Å². The van der Waals surface area contributed by atoms with E-state index >= 15 is 0 Å². The molecule has 0 rings (SSSR count). The fourth-order valence-corrected chi connectivity index (χ4v) is 0.450. The summed E-state index contributed by atoms with van der Waals surface area (Å²) in [5.74, 6) is -0.0452. The molecule has 10 heavy (non-hydrogen) atoms. The summed E-state index contributed by atoms with van der Waals surface area (Å²) >= 11 is 0. The third-order valence-corrected chi connectivity index (χ3v) is 0.875. The monoisotopic (exact) mass is 142 g/mol. The van der Waals surface area contributed by atoms with Crippen LogP contribution in [0.3, 0.4) is 0 Å². The maximum absolute atomic E-state index is 10.7. The molecule has 1 N–H and O–H groups in total. The van der Waals surface area contributed by atoms with Crippen LogP contribution in [-0.4, -0.2) is 31.4 Å². The van der Waals surface area contributed by atoms with E-state index in [0.29, 0.717) is 6.54 Å². The highest BCUT2D eigenvalue weighted by molar-refractivity contribution is 5.87. The molecule has 0 aromatic heterocycles. The summed E-state index contributed by atoms with van der Waals surface area (Å²) in [6.45, 7) is 2.57. The van der Waals surface area contributed by atoms with E-state index < -0.39 is 0 Å². The van der Waals surface area contributed by atoms with Crippen molar-refractivity contribution in [1.29, 1.82) is 0 Å². The maximum Gasteiger partial charge on any atom is 0.245 e. The quantitative estimate of drug-likeness (QED) is 0.571. The van der Waals surface area contributed by atoms with Crippen LogP contribution in [0, 0.1) is 0 Å². The van der Waals surface area contributed by atoms with Crippen LogP contribution in [-0.2, 0) is 4.79 Å². The fraction of sp³-hybridized carbons (Fsp3) is 0.571. The van der Waals surface area contributed by atoms with Crippen LogP contribution in [0.1, 0.15) is 6.92 Å². The van der Waals surface area contributed by atoms with Crippen molar-refractivity contribution >= 4 is 5.91 Å². The molecule has 0 atom stereocenters. The molecule has 0 saturated heterocycles. The van der Waals surface area contributed by atoms with E-state index in [9.17, 15) is 4.79 Å². The molecule has 0 heterocycles. The Hall–Kier alpha value is -0.990. The fourth-order valence-electron chi connectivity index (χ4n) is 0.450. The molecule has 0 bridgehead atoms. The minimum Gasteiger partial charge on any atom is -0.383 e. The van der Waals surface area contributed by atoms with E-state index in [1.807, 2.05) is 25.9 Å². The van der Waals surface area contributed by atoms with Gasteiger partial charge in [0.05, 0.1) is 0 Å². The third-order valence-electron chi connectivity index (χ3n) is 0.875. The summed E-state index contributed by atoms with van der Waals surface area (Å²) in [4.78, 5) is 12.5. The molecule has 0 unspecified atom stereocenters. The van der Waals surface area contributed by atoms with Crippen molar-refractivity contribution in [3.05, 3.63) is 12.3 Å². The van der Waals surface area contributed by atoms with Crippen LogP contribution in [0.2, 0.25) is 0 Å². The first-order chi connectivity index (χ1) is 4.66. The molecule has 0 radical (unpaired) electrons. The van der Waals surface area contributed by atoms with E-state index in [4.69, 9.17) is 0 Å². The second kappa shape index (κ2) is 4.85. The molecule has 0 saturated carbocycles. The van der Waals surface area contributed by atoms with Crippen LogP contribution in [0.15, 0.2) is 12.3 Å². The zero-order valence-corrected chi connectivity index (χ0v) is 6.72. The highest BCUT2D eigenvalue weighted by Crippen LogP contribution is 1.76. The first kappa shape index (κ1) is 9.01. The van der Waals surface area contributed by atoms with Gasteiger partial charge in [0.2, 0.25) is 5.91 Å². The molecule has 0 aliphatic rings. The largest absolute Gasteiger partial charge is 0.383 e. The smallest absolute Gasteiger partial charge is 0.245 e.